The number of carboxylic acids is 1. The number of rotatable bonds is 7. The number of aromatic nitrogens is 2. The number of H-pyrrole nitrogens is 2. The van der Waals surface area contributed by atoms with Crippen LogP contribution in [0, 0.1) is 0 Å². The number of amides is 1. The lowest BCUT2D eigenvalue weighted by atomic mass is 9.85. The van der Waals surface area contributed by atoms with Crippen LogP contribution in [0.2, 0.25) is 0 Å². The second-order valence-electron chi connectivity index (χ2n) is 8.61. The lowest BCUT2D eigenvalue weighted by Crippen LogP contribution is -2.13. The molecule has 0 spiro atoms. The summed E-state index contributed by atoms with van der Waals surface area (Å²) < 4.78 is 0. The maximum atomic E-state index is 12.5. The zero-order chi connectivity index (χ0) is 24.4. The Morgan fingerprint density at radius 3 is 2.00 bits per heavy atom. The minimum atomic E-state index is -1.12. The van der Waals surface area contributed by atoms with Gasteiger partial charge in [0.15, 0.2) is 0 Å². The third-order valence-electron chi connectivity index (χ3n) is 6.38. The summed E-state index contributed by atoms with van der Waals surface area (Å²) in [5, 5.41) is 14.3. The van der Waals surface area contributed by atoms with Crippen molar-refractivity contribution in [2.75, 3.05) is 5.32 Å². The molecule has 0 fully saturated rings. The van der Waals surface area contributed by atoms with Crippen LogP contribution in [-0.4, -0.2) is 27.0 Å². The number of hydrogen-bond donors (Lipinski definition) is 4. The summed E-state index contributed by atoms with van der Waals surface area (Å²) in [5.74, 6) is -1.57. The van der Waals surface area contributed by atoms with Crippen molar-refractivity contribution in [1.82, 2.24) is 9.97 Å². The van der Waals surface area contributed by atoms with Crippen LogP contribution in [0.5, 0.6) is 0 Å². The summed E-state index contributed by atoms with van der Waals surface area (Å²) in [5.41, 5.74) is 6.10. The maximum absolute atomic E-state index is 12.5. The number of para-hydroxylation sites is 3. The zero-order valence-corrected chi connectivity index (χ0v) is 19.2. The van der Waals surface area contributed by atoms with Crippen LogP contribution in [0.25, 0.3) is 21.8 Å². The predicted molar refractivity (Wildman–Crippen MR) is 139 cm³/mol. The first-order chi connectivity index (χ1) is 17.0. The summed E-state index contributed by atoms with van der Waals surface area (Å²) in [4.78, 5) is 30.4. The van der Waals surface area contributed by atoms with Gasteiger partial charge >= 0.3 is 5.97 Å². The molecule has 0 unspecified atom stereocenters. The van der Waals surface area contributed by atoms with Crippen molar-refractivity contribution in [2.45, 2.75) is 19.3 Å². The van der Waals surface area contributed by atoms with Gasteiger partial charge in [0.25, 0.3) is 0 Å². The molecule has 0 saturated heterocycles. The Labute approximate surface area is 202 Å². The summed E-state index contributed by atoms with van der Waals surface area (Å²) >= 11 is 0. The number of aliphatic carboxylic acids is 1. The molecule has 0 saturated carbocycles. The monoisotopic (exact) mass is 463 g/mol. The highest BCUT2D eigenvalue weighted by Crippen LogP contribution is 2.38. The molecule has 0 aliphatic carbocycles. The highest BCUT2D eigenvalue weighted by atomic mass is 16.4. The van der Waals surface area contributed by atoms with E-state index >= 15 is 0 Å². The number of nitrogens with one attached hydrogen (secondary N) is 3. The van der Waals surface area contributed by atoms with E-state index in [2.05, 4.69) is 51.9 Å². The van der Waals surface area contributed by atoms with Crippen LogP contribution in [-0.2, 0) is 16.0 Å². The topological polar surface area (TPSA) is 98.0 Å². The average Bonchev–Trinajstić information content (AvgIpc) is 3.48. The van der Waals surface area contributed by atoms with Crippen molar-refractivity contribution < 1.29 is 14.7 Å². The molecule has 5 aromatic rings. The smallest absolute Gasteiger partial charge is 0.331 e. The highest BCUT2D eigenvalue weighted by molar-refractivity contribution is 6.04. The fourth-order valence-electron chi connectivity index (χ4n) is 4.62. The van der Waals surface area contributed by atoms with Gasteiger partial charge in [0, 0.05) is 57.5 Å². The minimum absolute atomic E-state index is 0.0108. The van der Waals surface area contributed by atoms with E-state index in [0.717, 1.165) is 33.4 Å². The van der Waals surface area contributed by atoms with Crippen LogP contribution in [0.4, 0.5) is 5.69 Å². The van der Waals surface area contributed by atoms with Crippen LogP contribution < -0.4 is 5.32 Å². The van der Waals surface area contributed by atoms with E-state index in [1.54, 1.807) is 0 Å². The number of carboxylic acid groups (broad SMARTS) is 1. The molecule has 2 heterocycles. The standard InChI is InChI=1S/C29H25N3O3/c1-18(29(34)35)14-28(33)32-25-11-5-2-8-19(25)15-22(23-16-30-26-12-6-3-9-20(23)26)24-17-31-27-13-7-4-10-21(24)27/h2-14,16-17,22,30-31H,15H2,1H3,(H,32,33)(H,34,35). The maximum Gasteiger partial charge on any atom is 0.331 e. The third kappa shape index (κ3) is 4.46. The number of benzene rings is 3. The molecule has 2 aromatic heterocycles. The molecule has 0 aliphatic heterocycles. The van der Waals surface area contributed by atoms with Crippen molar-refractivity contribution >= 4 is 39.4 Å². The van der Waals surface area contributed by atoms with Gasteiger partial charge in [-0.3, -0.25) is 4.79 Å². The SMILES string of the molecule is CC(=CC(=O)Nc1ccccc1CC(c1c[nH]c2ccccc12)c1c[nH]c2ccccc12)C(=O)O. The molecule has 0 radical (unpaired) electrons. The Morgan fingerprint density at radius 1 is 0.857 bits per heavy atom. The quantitative estimate of drug-likeness (QED) is 0.223. The number of aromatic amines is 2. The molecule has 6 heteroatoms. The third-order valence-corrected chi connectivity index (χ3v) is 6.38. The van der Waals surface area contributed by atoms with E-state index in [1.165, 1.54) is 18.1 Å². The number of carbonyl (C=O) groups excluding carboxylic acids is 1. The molecule has 0 atom stereocenters. The van der Waals surface area contributed by atoms with Gasteiger partial charge in [-0.15, -0.1) is 0 Å². The highest BCUT2D eigenvalue weighted by Gasteiger charge is 2.23. The molecule has 174 valence electrons. The lowest BCUT2D eigenvalue weighted by Gasteiger charge is -2.19. The fourth-order valence-corrected chi connectivity index (χ4v) is 4.62. The van der Waals surface area contributed by atoms with Crippen LogP contribution in [0.15, 0.2) is 96.8 Å². The summed E-state index contributed by atoms with van der Waals surface area (Å²) in [7, 11) is 0. The van der Waals surface area contributed by atoms with Crippen molar-refractivity contribution in [3.63, 3.8) is 0 Å². The van der Waals surface area contributed by atoms with Crippen LogP contribution in [0.3, 0.4) is 0 Å². The van der Waals surface area contributed by atoms with Gasteiger partial charge in [-0.05, 0) is 48.2 Å². The predicted octanol–water partition coefficient (Wildman–Crippen LogP) is 5.99. The van der Waals surface area contributed by atoms with E-state index in [1.807, 2.05) is 48.5 Å². The van der Waals surface area contributed by atoms with E-state index in [0.29, 0.717) is 12.1 Å². The Kier molecular flexibility index (Phi) is 5.94. The molecule has 6 nitrogen and oxygen atoms in total. The van der Waals surface area contributed by atoms with Crippen LogP contribution in [0.1, 0.15) is 29.5 Å². The second-order valence-corrected chi connectivity index (χ2v) is 8.61. The van der Waals surface area contributed by atoms with E-state index in [4.69, 9.17) is 5.11 Å². The molecular formula is C29H25N3O3. The Bertz CT molecular complexity index is 1500. The molecule has 35 heavy (non-hydrogen) atoms. The first-order valence-electron chi connectivity index (χ1n) is 11.4. The molecule has 0 bridgehead atoms. The van der Waals surface area contributed by atoms with Crippen molar-refractivity contribution in [3.05, 3.63) is 114 Å². The van der Waals surface area contributed by atoms with Gasteiger partial charge in [-0.25, -0.2) is 4.79 Å². The normalized spacial score (nSPS) is 11.9. The largest absolute Gasteiger partial charge is 0.478 e. The van der Waals surface area contributed by atoms with Gasteiger partial charge in [0.2, 0.25) is 5.91 Å². The molecule has 0 aliphatic rings. The second kappa shape index (κ2) is 9.35. The van der Waals surface area contributed by atoms with E-state index in [-0.39, 0.29) is 11.5 Å². The molecule has 4 N–H and O–H groups in total. The van der Waals surface area contributed by atoms with Crippen molar-refractivity contribution in [3.8, 4) is 0 Å². The molecule has 3 aromatic carbocycles. The Balaban J connectivity index is 1.58. The Hall–Kier alpha value is -4.58. The Morgan fingerprint density at radius 2 is 1.40 bits per heavy atom. The van der Waals surface area contributed by atoms with E-state index in [9.17, 15) is 9.59 Å². The first-order valence-corrected chi connectivity index (χ1v) is 11.4. The zero-order valence-electron chi connectivity index (χ0n) is 19.2. The minimum Gasteiger partial charge on any atom is -0.478 e. The fraction of sp³-hybridized carbons (Fsp3) is 0.103. The lowest BCUT2D eigenvalue weighted by molar-refractivity contribution is -0.132. The van der Waals surface area contributed by atoms with E-state index < -0.39 is 11.9 Å². The number of fused-ring (bicyclic) bond motifs is 2. The van der Waals surface area contributed by atoms with Gasteiger partial charge in [-0.1, -0.05) is 54.6 Å². The summed E-state index contributed by atoms with van der Waals surface area (Å²) in [6, 6.07) is 24.1. The molecular weight excluding hydrogens is 438 g/mol. The number of anilines is 1. The van der Waals surface area contributed by atoms with Gasteiger partial charge < -0.3 is 20.4 Å². The molecule has 1 amide bonds. The van der Waals surface area contributed by atoms with Gasteiger partial charge in [-0.2, -0.15) is 0 Å². The van der Waals surface area contributed by atoms with Gasteiger partial charge in [0.1, 0.15) is 0 Å². The number of carbonyl (C=O) groups is 2. The molecule has 5 rings (SSSR count). The van der Waals surface area contributed by atoms with Crippen molar-refractivity contribution in [2.24, 2.45) is 0 Å². The average molecular weight is 464 g/mol. The summed E-state index contributed by atoms with van der Waals surface area (Å²) in [6.45, 7) is 1.40. The summed E-state index contributed by atoms with van der Waals surface area (Å²) in [6.07, 6.45) is 5.88. The van der Waals surface area contributed by atoms with Crippen molar-refractivity contribution in [1.29, 1.82) is 0 Å². The van der Waals surface area contributed by atoms with Gasteiger partial charge in [0.05, 0.1) is 0 Å². The first kappa shape index (κ1) is 22.2. The van der Waals surface area contributed by atoms with Crippen LogP contribution >= 0.6 is 0 Å². The number of hydrogen-bond acceptors (Lipinski definition) is 2.